The summed E-state index contributed by atoms with van der Waals surface area (Å²) in [5, 5.41) is 8.24. The van der Waals surface area contributed by atoms with Crippen molar-refractivity contribution in [2.24, 2.45) is 0 Å². The average molecular weight is 319 g/mol. The van der Waals surface area contributed by atoms with E-state index in [2.05, 4.69) is 39.2 Å². The molecule has 2 unspecified atom stereocenters. The zero-order valence-corrected chi connectivity index (χ0v) is 13.9. The first-order valence-corrected chi connectivity index (χ1v) is 9.73. The fraction of sp³-hybridized carbons (Fsp3) is 0.529. The molecule has 2 saturated heterocycles. The average Bonchev–Trinajstić information content (AvgIpc) is 3.24. The minimum atomic E-state index is 0.719. The summed E-state index contributed by atoms with van der Waals surface area (Å²) in [6, 6.07) is 8.27. The minimum Gasteiger partial charge on any atom is -0.309 e. The van der Waals surface area contributed by atoms with Crippen molar-refractivity contribution < 1.29 is 0 Å². The Kier molecular flexibility index (Phi) is 4.12. The summed E-state index contributed by atoms with van der Waals surface area (Å²) in [6.07, 6.45) is 5.50. The van der Waals surface area contributed by atoms with E-state index in [4.69, 9.17) is 0 Å². The van der Waals surface area contributed by atoms with Gasteiger partial charge in [0.05, 0.1) is 0 Å². The number of hydrogen-bond donors (Lipinski definition) is 1. The van der Waals surface area contributed by atoms with Crippen LogP contribution in [0.3, 0.4) is 0 Å². The van der Waals surface area contributed by atoms with Gasteiger partial charge in [-0.1, -0.05) is 6.07 Å². The van der Waals surface area contributed by atoms with Gasteiger partial charge in [0.25, 0.3) is 0 Å². The van der Waals surface area contributed by atoms with Gasteiger partial charge in [-0.25, -0.2) is 0 Å². The molecule has 0 radical (unpaired) electrons. The van der Waals surface area contributed by atoms with Gasteiger partial charge < -0.3 is 10.2 Å². The van der Waals surface area contributed by atoms with Gasteiger partial charge in [-0.05, 0) is 61.7 Å². The highest BCUT2D eigenvalue weighted by molar-refractivity contribution is 7.14. The van der Waals surface area contributed by atoms with Crippen molar-refractivity contribution in [3.05, 3.63) is 33.8 Å². The molecule has 2 fully saturated rings. The third kappa shape index (κ3) is 3.09. The summed E-state index contributed by atoms with van der Waals surface area (Å²) < 4.78 is 0. The molecular formula is C17H22N2S2. The molecule has 0 aliphatic carbocycles. The van der Waals surface area contributed by atoms with Gasteiger partial charge in [-0.15, -0.1) is 22.7 Å². The van der Waals surface area contributed by atoms with Gasteiger partial charge in [-0.3, -0.25) is 0 Å². The van der Waals surface area contributed by atoms with Crippen LogP contribution in [0.5, 0.6) is 0 Å². The number of piperidine rings is 1. The molecule has 0 bridgehead atoms. The standard InChI is InChI=1S/C17H22N2S2/c1-3-15-10-14(5-7-19(15)6-1)18-11-16-9-13(12-21-16)17-4-2-8-20-17/h2,4,8-9,12,14-15,18H,1,3,5-7,10-11H2. The van der Waals surface area contributed by atoms with Gasteiger partial charge >= 0.3 is 0 Å². The molecule has 4 rings (SSSR count). The normalized spacial score (nSPS) is 26.1. The summed E-state index contributed by atoms with van der Waals surface area (Å²) in [5.74, 6) is 0. The first-order valence-electron chi connectivity index (χ1n) is 7.97. The molecule has 0 saturated carbocycles. The monoisotopic (exact) mass is 318 g/mol. The molecule has 21 heavy (non-hydrogen) atoms. The molecule has 4 heterocycles. The maximum absolute atomic E-state index is 3.80. The molecule has 2 aromatic heterocycles. The van der Waals surface area contributed by atoms with Crippen LogP contribution in [0.4, 0.5) is 0 Å². The van der Waals surface area contributed by atoms with Crippen molar-refractivity contribution in [3.8, 4) is 10.4 Å². The Hall–Kier alpha value is -0.680. The minimum absolute atomic E-state index is 0.719. The second kappa shape index (κ2) is 6.21. The maximum Gasteiger partial charge on any atom is 0.0351 e. The lowest BCUT2D eigenvalue weighted by atomic mass is 9.97. The van der Waals surface area contributed by atoms with Crippen LogP contribution in [0.15, 0.2) is 29.0 Å². The lowest BCUT2D eigenvalue weighted by Crippen LogP contribution is -2.45. The molecule has 0 amide bonds. The summed E-state index contributed by atoms with van der Waals surface area (Å²) in [5.41, 5.74) is 1.39. The number of fused-ring (bicyclic) bond motifs is 1. The Morgan fingerprint density at radius 2 is 2.24 bits per heavy atom. The number of hydrogen-bond acceptors (Lipinski definition) is 4. The van der Waals surface area contributed by atoms with Crippen LogP contribution >= 0.6 is 22.7 Å². The van der Waals surface area contributed by atoms with Crippen molar-refractivity contribution in [2.45, 2.75) is 44.3 Å². The molecule has 2 aromatic rings. The molecule has 0 aromatic carbocycles. The van der Waals surface area contributed by atoms with Crippen molar-refractivity contribution >= 4 is 22.7 Å². The molecule has 1 N–H and O–H groups in total. The fourth-order valence-corrected chi connectivity index (χ4v) is 5.32. The predicted octanol–water partition coefficient (Wildman–Crippen LogP) is 4.19. The van der Waals surface area contributed by atoms with E-state index < -0.39 is 0 Å². The lowest BCUT2D eigenvalue weighted by molar-refractivity contribution is 0.166. The summed E-state index contributed by atoms with van der Waals surface area (Å²) in [4.78, 5) is 5.54. The summed E-state index contributed by atoms with van der Waals surface area (Å²) >= 11 is 3.72. The van der Waals surface area contributed by atoms with Gasteiger partial charge in [0.15, 0.2) is 0 Å². The topological polar surface area (TPSA) is 15.3 Å². The third-order valence-electron chi connectivity index (χ3n) is 4.84. The first kappa shape index (κ1) is 13.9. The van der Waals surface area contributed by atoms with E-state index in [1.807, 2.05) is 22.7 Å². The number of thiophene rings is 2. The Morgan fingerprint density at radius 3 is 3.14 bits per heavy atom. The van der Waals surface area contributed by atoms with E-state index in [1.54, 1.807) is 0 Å². The van der Waals surface area contributed by atoms with Crippen molar-refractivity contribution in [2.75, 3.05) is 13.1 Å². The SMILES string of the molecule is c1csc(-c2csc(CNC3CCN4CCCC4C3)c2)c1. The Morgan fingerprint density at radius 1 is 1.24 bits per heavy atom. The number of rotatable bonds is 4. The first-order chi connectivity index (χ1) is 10.4. The highest BCUT2D eigenvalue weighted by Crippen LogP contribution is 2.30. The smallest absolute Gasteiger partial charge is 0.0351 e. The largest absolute Gasteiger partial charge is 0.309 e. The highest BCUT2D eigenvalue weighted by Gasteiger charge is 2.31. The van der Waals surface area contributed by atoms with Crippen molar-refractivity contribution in [1.82, 2.24) is 10.2 Å². The van der Waals surface area contributed by atoms with Crippen molar-refractivity contribution in [3.63, 3.8) is 0 Å². The van der Waals surface area contributed by atoms with E-state index in [0.29, 0.717) is 0 Å². The third-order valence-corrected chi connectivity index (χ3v) is 6.70. The van der Waals surface area contributed by atoms with E-state index >= 15 is 0 Å². The Labute approximate surface area is 134 Å². The molecule has 2 atom stereocenters. The molecule has 0 spiro atoms. The molecule has 112 valence electrons. The molecule has 2 nitrogen and oxygen atoms in total. The fourth-order valence-electron chi connectivity index (χ4n) is 3.70. The summed E-state index contributed by atoms with van der Waals surface area (Å²) in [6.45, 7) is 3.67. The van der Waals surface area contributed by atoms with Gasteiger partial charge in [0, 0.05) is 33.9 Å². The predicted molar refractivity (Wildman–Crippen MR) is 92.1 cm³/mol. The quantitative estimate of drug-likeness (QED) is 0.909. The van der Waals surface area contributed by atoms with Gasteiger partial charge in [0.2, 0.25) is 0 Å². The van der Waals surface area contributed by atoms with E-state index in [0.717, 1.165) is 18.6 Å². The molecular weight excluding hydrogens is 296 g/mol. The van der Waals surface area contributed by atoms with Crippen LogP contribution in [0, 0.1) is 0 Å². The van der Waals surface area contributed by atoms with E-state index in [9.17, 15) is 0 Å². The van der Waals surface area contributed by atoms with Crippen LogP contribution in [0.2, 0.25) is 0 Å². The molecule has 2 aliphatic rings. The van der Waals surface area contributed by atoms with Gasteiger partial charge in [0.1, 0.15) is 0 Å². The van der Waals surface area contributed by atoms with E-state index in [1.165, 1.54) is 54.1 Å². The van der Waals surface area contributed by atoms with E-state index in [-0.39, 0.29) is 0 Å². The Bertz CT molecular complexity index is 575. The van der Waals surface area contributed by atoms with Crippen LogP contribution in [-0.4, -0.2) is 30.1 Å². The number of nitrogens with one attached hydrogen (secondary N) is 1. The highest BCUT2D eigenvalue weighted by atomic mass is 32.1. The number of nitrogens with zero attached hydrogens (tertiary/aromatic N) is 1. The zero-order chi connectivity index (χ0) is 14.1. The lowest BCUT2D eigenvalue weighted by Gasteiger charge is -2.35. The van der Waals surface area contributed by atoms with Crippen LogP contribution < -0.4 is 5.32 Å². The second-order valence-electron chi connectivity index (χ2n) is 6.21. The van der Waals surface area contributed by atoms with Crippen LogP contribution in [0.25, 0.3) is 10.4 Å². The van der Waals surface area contributed by atoms with Crippen LogP contribution in [0.1, 0.15) is 30.6 Å². The Balaban J connectivity index is 1.33. The van der Waals surface area contributed by atoms with Crippen LogP contribution in [-0.2, 0) is 6.54 Å². The molecule has 2 aliphatic heterocycles. The zero-order valence-electron chi connectivity index (χ0n) is 12.3. The maximum atomic E-state index is 3.80. The summed E-state index contributed by atoms with van der Waals surface area (Å²) in [7, 11) is 0. The second-order valence-corrected chi connectivity index (χ2v) is 8.16. The van der Waals surface area contributed by atoms with Crippen molar-refractivity contribution in [1.29, 1.82) is 0 Å². The van der Waals surface area contributed by atoms with Gasteiger partial charge in [-0.2, -0.15) is 0 Å². The molecule has 4 heteroatoms.